The number of hydrogen-bond donors (Lipinski definition) is 2. The lowest BCUT2D eigenvalue weighted by atomic mass is 9.73. The summed E-state index contributed by atoms with van der Waals surface area (Å²) >= 11 is 1.72. The number of likely N-dealkylation sites (tertiary alicyclic amines) is 1. The number of thiazole rings is 1. The number of aryl methyl sites for hydroxylation is 1. The van der Waals surface area contributed by atoms with Gasteiger partial charge in [0.1, 0.15) is 10.8 Å². The average molecular weight is 505 g/mol. The summed E-state index contributed by atoms with van der Waals surface area (Å²) < 4.78 is 38.8. The second-order valence-corrected chi connectivity index (χ2v) is 9.26. The number of aromatic nitrogens is 4. The number of nitrogens with zero attached hydrogens (tertiary/aromatic N) is 5. The summed E-state index contributed by atoms with van der Waals surface area (Å²) in [5.41, 5.74) is 0.246. The molecule has 0 unspecified atom stereocenters. The standard InChI is InChI=1S/C18H26N6O2S.C2HF3O2/c1-26-10-6-20-17(25)16-22-21-14-2-3-18(13-24(14)16)4-8-23(9-5-18)12-15-19-7-11-27-15;3-2(4,5)1(6)7/h7,11H,2-6,8-10,12-13H2,1H3,(H,20,25);(H,6,7). The number of alkyl halides is 3. The number of halogens is 3. The Hall–Kier alpha value is -2.58. The van der Waals surface area contributed by atoms with Gasteiger partial charge >= 0.3 is 12.1 Å². The number of carboxylic acid groups (broad SMARTS) is 1. The first-order valence-electron chi connectivity index (χ1n) is 10.7. The third-order valence-electron chi connectivity index (χ3n) is 6.00. The van der Waals surface area contributed by atoms with Crippen LogP contribution in [-0.4, -0.2) is 81.2 Å². The van der Waals surface area contributed by atoms with E-state index in [1.54, 1.807) is 18.4 Å². The van der Waals surface area contributed by atoms with Crippen molar-refractivity contribution in [1.29, 1.82) is 0 Å². The number of carbonyl (C=O) groups is 2. The molecule has 34 heavy (non-hydrogen) atoms. The van der Waals surface area contributed by atoms with Crippen LogP contribution in [0.3, 0.4) is 0 Å². The van der Waals surface area contributed by atoms with Crippen molar-refractivity contribution in [3.8, 4) is 0 Å². The summed E-state index contributed by atoms with van der Waals surface area (Å²) in [6.45, 7) is 4.91. The van der Waals surface area contributed by atoms with Crippen LogP contribution in [0.1, 0.15) is 40.7 Å². The summed E-state index contributed by atoms with van der Waals surface area (Å²) in [5, 5.41) is 21.6. The number of aliphatic carboxylic acids is 1. The molecular weight excluding hydrogens is 477 g/mol. The Balaban J connectivity index is 0.000000406. The maximum Gasteiger partial charge on any atom is 0.490 e. The second-order valence-electron chi connectivity index (χ2n) is 8.28. The summed E-state index contributed by atoms with van der Waals surface area (Å²) in [6.07, 6.45) is 1.09. The Labute approximate surface area is 198 Å². The molecule has 0 aromatic carbocycles. The summed E-state index contributed by atoms with van der Waals surface area (Å²) in [5.74, 6) is -1.55. The molecule has 2 aromatic rings. The van der Waals surface area contributed by atoms with Gasteiger partial charge < -0.3 is 19.7 Å². The van der Waals surface area contributed by atoms with Crippen molar-refractivity contribution in [1.82, 2.24) is 30.0 Å². The van der Waals surface area contributed by atoms with E-state index in [1.165, 1.54) is 5.01 Å². The van der Waals surface area contributed by atoms with Crippen LogP contribution in [0.15, 0.2) is 11.6 Å². The third kappa shape index (κ3) is 6.73. The van der Waals surface area contributed by atoms with Crippen LogP contribution in [0, 0.1) is 5.41 Å². The average Bonchev–Trinajstić information content (AvgIpc) is 3.45. The van der Waals surface area contributed by atoms with Crippen LogP contribution in [0.4, 0.5) is 13.2 Å². The van der Waals surface area contributed by atoms with Gasteiger partial charge in [0.15, 0.2) is 0 Å². The van der Waals surface area contributed by atoms with Gasteiger partial charge in [-0.2, -0.15) is 13.2 Å². The number of nitrogens with one attached hydrogen (secondary N) is 1. The van der Waals surface area contributed by atoms with Gasteiger partial charge in [-0.05, 0) is 37.8 Å². The number of rotatable bonds is 6. The smallest absolute Gasteiger partial charge is 0.475 e. The summed E-state index contributed by atoms with van der Waals surface area (Å²) in [4.78, 5) is 28.2. The number of carbonyl (C=O) groups excluding carboxylic acids is 1. The van der Waals surface area contributed by atoms with Gasteiger partial charge in [0, 0.05) is 38.2 Å². The number of methoxy groups -OCH3 is 1. The van der Waals surface area contributed by atoms with Crippen molar-refractivity contribution >= 4 is 23.2 Å². The number of amides is 1. The molecule has 10 nitrogen and oxygen atoms in total. The van der Waals surface area contributed by atoms with Crippen LogP contribution in [0.25, 0.3) is 0 Å². The maximum atomic E-state index is 12.4. The predicted octanol–water partition coefficient (Wildman–Crippen LogP) is 1.97. The minimum Gasteiger partial charge on any atom is -0.475 e. The molecule has 1 saturated heterocycles. The Bertz CT molecular complexity index is 958. The molecule has 14 heteroatoms. The molecule has 0 bridgehead atoms. The van der Waals surface area contributed by atoms with Crippen molar-refractivity contribution in [3.63, 3.8) is 0 Å². The molecule has 0 radical (unpaired) electrons. The van der Waals surface area contributed by atoms with Crippen LogP contribution in [-0.2, 0) is 29.0 Å². The van der Waals surface area contributed by atoms with Gasteiger partial charge in [0.05, 0.1) is 13.2 Å². The van der Waals surface area contributed by atoms with E-state index in [0.29, 0.717) is 19.0 Å². The Kier molecular flexibility index (Phi) is 8.60. The van der Waals surface area contributed by atoms with Crippen molar-refractivity contribution in [2.45, 2.75) is 44.9 Å². The Morgan fingerprint density at radius 2 is 1.97 bits per heavy atom. The Morgan fingerprint density at radius 1 is 1.26 bits per heavy atom. The van der Waals surface area contributed by atoms with Gasteiger partial charge in [-0.25, -0.2) is 9.78 Å². The highest BCUT2D eigenvalue weighted by Gasteiger charge is 2.40. The van der Waals surface area contributed by atoms with E-state index in [2.05, 4.69) is 25.4 Å². The van der Waals surface area contributed by atoms with Crippen molar-refractivity contribution in [2.75, 3.05) is 33.4 Å². The molecule has 0 aliphatic carbocycles. The summed E-state index contributed by atoms with van der Waals surface area (Å²) in [7, 11) is 1.62. The first kappa shape index (κ1) is 26.0. The fourth-order valence-electron chi connectivity index (χ4n) is 4.11. The third-order valence-corrected chi connectivity index (χ3v) is 6.76. The maximum absolute atomic E-state index is 12.4. The molecule has 4 heterocycles. The van der Waals surface area contributed by atoms with Crippen LogP contribution in [0.2, 0.25) is 0 Å². The molecule has 1 amide bonds. The van der Waals surface area contributed by atoms with Gasteiger partial charge in [0.25, 0.3) is 5.91 Å². The number of ether oxygens (including phenoxy) is 1. The first-order valence-corrected chi connectivity index (χ1v) is 11.6. The van der Waals surface area contributed by atoms with Crippen LogP contribution >= 0.6 is 11.3 Å². The van der Waals surface area contributed by atoms with E-state index in [0.717, 1.165) is 57.7 Å². The lowest BCUT2D eigenvalue weighted by Gasteiger charge is -2.44. The lowest BCUT2D eigenvalue weighted by molar-refractivity contribution is -0.192. The van der Waals surface area contributed by atoms with Crippen molar-refractivity contribution < 1.29 is 32.6 Å². The normalized spacial score (nSPS) is 17.5. The molecule has 1 spiro atoms. The highest BCUT2D eigenvalue weighted by Crippen LogP contribution is 2.41. The minimum absolute atomic E-state index is 0.163. The molecule has 4 rings (SSSR count). The number of hydrogen-bond acceptors (Lipinski definition) is 8. The van der Waals surface area contributed by atoms with Crippen LogP contribution < -0.4 is 5.32 Å². The zero-order valence-electron chi connectivity index (χ0n) is 18.7. The molecular formula is C20H27F3N6O4S. The van der Waals surface area contributed by atoms with Gasteiger partial charge in [-0.1, -0.05) is 0 Å². The molecule has 0 saturated carbocycles. The topological polar surface area (TPSA) is 122 Å². The highest BCUT2D eigenvalue weighted by atomic mass is 32.1. The zero-order valence-corrected chi connectivity index (χ0v) is 19.5. The molecule has 1 fully saturated rings. The predicted molar refractivity (Wildman–Crippen MR) is 115 cm³/mol. The van der Waals surface area contributed by atoms with E-state index in [1.807, 2.05) is 16.1 Å². The SMILES string of the molecule is COCCNC(=O)c1nnc2n1CC1(CC2)CCN(Cc2nccs2)CC1.O=C(O)C(F)(F)F. The van der Waals surface area contributed by atoms with E-state index in [-0.39, 0.29) is 11.3 Å². The van der Waals surface area contributed by atoms with E-state index < -0.39 is 12.1 Å². The lowest BCUT2D eigenvalue weighted by Crippen LogP contribution is -2.44. The number of piperidine rings is 1. The van der Waals surface area contributed by atoms with Crippen molar-refractivity contribution in [2.24, 2.45) is 5.41 Å². The zero-order chi connectivity index (χ0) is 24.8. The number of fused-ring (bicyclic) bond motifs is 1. The van der Waals surface area contributed by atoms with Gasteiger partial charge in [-0.15, -0.1) is 21.5 Å². The molecule has 2 aliphatic rings. The van der Waals surface area contributed by atoms with E-state index in [9.17, 15) is 18.0 Å². The molecule has 2 N–H and O–H groups in total. The van der Waals surface area contributed by atoms with Crippen molar-refractivity contribution in [3.05, 3.63) is 28.2 Å². The molecule has 2 aromatic heterocycles. The minimum atomic E-state index is -5.08. The fourth-order valence-corrected chi connectivity index (χ4v) is 4.77. The highest BCUT2D eigenvalue weighted by molar-refractivity contribution is 7.09. The van der Waals surface area contributed by atoms with Gasteiger partial charge in [0.2, 0.25) is 5.82 Å². The molecule has 188 valence electrons. The van der Waals surface area contributed by atoms with Gasteiger partial charge in [-0.3, -0.25) is 9.69 Å². The molecule has 0 atom stereocenters. The Morgan fingerprint density at radius 3 is 2.56 bits per heavy atom. The fraction of sp³-hybridized carbons (Fsp3) is 0.650. The quantitative estimate of drug-likeness (QED) is 0.573. The first-order chi connectivity index (χ1) is 16.1. The second kappa shape index (κ2) is 11.2. The monoisotopic (exact) mass is 504 g/mol. The molecule has 2 aliphatic heterocycles. The van der Waals surface area contributed by atoms with E-state index >= 15 is 0 Å². The number of carboxylic acids is 1. The largest absolute Gasteiger partial charge is 0.490 e. The van der Waals surface area contributed by atoms with Crippen LogP contribution in [0.5, 0.6) is 0 Å². The van der Waals surface area contributed by atoms with E-state index in [4.69, 9.17) is 14.6 Å². The summed E-state index contributed by atoms with van der Waals surface area (Å²) in [6, 6.07) is 0.